The molecule has 0 aliphatic heterocycles. The number of carboxylic acid groups (broad SMARTS) is 1. The molecule has 0 aliphatic rings. The van der Waals surface area contributed by atoms with Crippen molar-refractivity contribution in [2.75, 3.05) is 10.7 Å². The Morgan fingerprint density at radius 3 is 2.02 bits per heavy atom. The molecule has 6 N–H and O–H groups in total. The van der Waals surface area contributed by atoms with Crippen molar-refractivity contribution in [1.29, 1.82) is 0 Å². The number of carboxylic acids is 1. The Kier molecular flexibility index (Phi) is 9.37. The lowest BCUT2D eigenvalue weighted by molar-refractivity contribution is 0.0697. The number of aromatic hydroxyl groups is 1. The summed E-state index contributed by atoms with van der Waals surface area (Å²) in [6.07, 6.45) is 0. The van der Waals surface area contributed by atoms with Crippen molar-refractivity contribution < 1.29 is 40.9 Å². The topological polar surface area (TPSA) is 266 Å². The largest absolute Gasteiger partial charge is 0.504 e. The molecule has 3 aromatic carbocycles. The van der Waals surface area contributed by atoms with Gasteiger partial charge in [-0.2, -0.15) is 36.9 Å². The Bertz CT molecular complexity index is 2030. The van der Waals surface area contributed by atoms with Gasteiger partial charge in [0.25, 0.3) is 20.2 Å². The third-order valence-electron chi connectivity index (χ3n) is 5.27. The number of hydrazone groups is 1. The highest BCUT2D eigenvalue weighted by Crippen LogP contribution is 2.37. The zero-order chi connectivity index (χ0) is 32.2. The van der Waals surface area contributed by atoms with Gasteiger partial charge in [0.2, 0.25) is 22.4 Å². The van der Waals surface area contributed by atoms with Crippen LogP contribution in [0.15, 0.2) is 85.8 Å². The number of hydrogen-bond donors (Lipinski definition) is 6. The van der Waals surface area contributed by atoms with E-state index < -0.39 is 58.7 Å². The van der Waals surface area contributed by atoms with Crippen molar-refractivity contribution in [1.82, 2.24) is 15.0 Å². The summed E-state index contributed by atoms with van der Waals surface area (Å²) in [6.45, 7) is 0. The first kappa shape index (κ1) is 32.1. The van der Waals surface area contributed by atoms with Crippen LogP contribution in [0.1, 0.15) is 15.9 Å². The number of nitrogens with one attached hydrogen (secondary N) is 2. The maximum atomic E-state index is 12.0. The van der Waals surface area contributed by atoms with Crippen LogP contribution in [0.5, 0.6) is 5.75 Å². The molecule has 0 spiro atoms. The normalized spacial score (nSPS) is 12.3. The second-order valence-corrected chi connectivity index (χ2v) is 11.8. The number of amidine groups is 1. The number of hydrogen-bond acceptors (Lipinski definition) is 13. The molecule has 1 aromatic heterocycles. The lowest BCUT2D eigenvalue weighted by Crippen LogP contribution is -2.06. The molecule has 228 valence electrons. The highest BCUT2D eigenvalue weighted by Gasteiger charge is 2.20. The molecule has 0 unspecified atom stereocenters. The number of carbonyl (C=O) groups is 1. The molecule has 0 atom stereocenters. The predicted octanol–water partition coefficient (Wildman–Crippen LogP) is 4.38. The first-order valence-corrected chi connectivity index (χ1v) is 15.1. The van der Waals surface area contributed by atoms with Crippen LogP contribution in [-0.2, 0) is 20.2 Å². The second kappa shape index (κ2) is 12.8. The molecule has 0 amide bonds. The molecule has 4 aromatic rings. The van der Waals surface area contributed by atoms with E-state index in [-0.39, 0.29) is 33.6 Å². The number of phenolic OH excluding ortho intramolecular Hbond substituents is 1. The quantitative estimate of drug-likeness (QED) is 0.0357. The van der Waals surface area contributed by atoms with Gasteiger partial charge in [-0.3, -0.25) is 14.5 Å². The van der Waals surface area contributed by atoms with Crippen molar-refractivity contribution in [2.45, 2.75) is 9.79 Å². The molecule has 21 heteroatoms. The summed E-state index contributed by atoms with van der Waals surface area (Å²) in [6, 6.07) is 12.1. The van der Waals surface area contributed by atoms with Crippen molar-refractivity contribution in [3.05, 3.63) is 82.4 Å². The van der Waals surface area contributed by atoms with Crippen LogP contribution in [0.25, 0.3) is 0 Å². The molecule has 0 aliphatic carbocycles. The van der Waals surface area contributed by atoms with Gasteiger partial charge < -0.3 is 15.5 Å². The Hall–Kier alpha value is -4.79. The maximum absolute atomic E-state index is 12.0. The highest BCUT2D eigenvalue weighted by molar-refractivity contribution is 7.86. The van der Waals surface area contributed by atoms with Crippen LogP contribution in [-0.4, -0.2) is 62.9 Å². The minimum absolute atomic E-state index is 0.268. The molecule has 0 saturated heterocycles. The minimum atomic E-state index is -4.85. The van der Waals surface area contributed by atoms with E-state index in [2.05, 4.69) is 41.0 Å². The number of anilines is 3. The van der Waals surface area contributed by atoms with E-state index in [1.54, 1.807) is 18.2 Å². The number of azo groups is 1. The number of nitrogens with zero attached hydrogens (tertiary/aromatic N) is 6. The number of phenols is 1. The first-order chi connectivity index (χ1) is 20.6. The Morgan fingerprint density at radius 2 is 1.43 bits per heavy atom. The van der Waals surface area contributed by atoms with E-state index in [1.807, 2.05) is 0 Å². The van der Waals surface area contributed by atoms with Crippen molar-refractivity contribution in [3.63, 3.8) is 0 Å². The summed E-state index contributed by atoms with van der Waals surface area (Å²) in [7, 11) is -9.58. The van der Waals surface area contributed by atoms with Crippen LogP contribution in [0, 0.1) is 0 Å². The molecule has 4 rings (SSSR count). The van der Waals surface area contributed by atoms with Gasteiger partial charge in [0.05, 0.1) is 21.0 Å². The molecule has 0 bridgehead atoms. The highest BCUT2D eigenvalue weighted by atomic mass is 35.5. The zero-order valence-electron chi connectivity index (χ0n) is 21.4. The molecule has 1 heterocycles. The fraction of sp³-hybridized carbons (Fsp3) is 0. The van der Waals surface area contributed by atoms with Gasteiger partial charge in [-0.25, -0.2) is 4.79 Å². The van der Waals surface area contributed by atoms with Gasteiger partial charge in [-0.05, 0) is 53.5 Å². The smallest absolute Gasteiger partial charge is 0.337 e. The second-order valence-electron chi connectivity index (χ2n) is 8.24. The lowest BCUT2D eigenvalue weighted by atomic mass is 10.2. The summed E-state index contributed by atoms with van der Waals surface area (Å²) >= 11 is 11.5. The van der Waals surface area contributed by atoms with Gasteiger partial charge in [0.1, 0.15) is 11.4 Å². The molecule has 0 saturated carbocycles. The Labute approximate surface area is 257 Å². The number of aromatic carboxylic acids is 1. The van der Waals surface area contributed by atoms with Gasteiger partial charge in [-0.1, -0.05) is 30.3 Å². The number of aromatic nitrogens is 3. The van der Waals surface area contributed by atoms with E-state index in [1.165, 1.54) is 12.1 Å². The summed E-state index contributed by atoms with van der Waals surface area (Å²) < 4.78 is 66.1. The van der Waals surface area contributed by atoms with Gasteiger partial charge in [0, 0.05) is 5.56 Å². The number of rotatable bonds is 9. The van der Waals surface area contributed by atoms with E-state index >= 15 is 0 Å². The van der Waals surface area contributed by atoms with E-state index in [0.29, 0.717) is 0 Å². The standard InChI is InChI=1S/C23H16Cl2N8O9S2/c24-21-27-22(25)29-23(28-21)26-16-9-13(44(40,41)42)10-17(18(16)34)31-33-19(11-4-2-1-3-5-11)32-30-15-8-12(43(37,38)39)6-7-14(15)20(35)36/h1-10,31,34H,(H,35,36)(H,37,38,39)(H,40,41,42)(H,26,27,28,29). The SMILES string of the molecule is O=C(O)c1ccc(S(=O)(=O)O)cc1N=NC(=NNc1cc(S(=O)(=O)O)cc(Nc2nc(Cl)nc(Cl)n2)c1O)c1ccccc1. The maximum Gasteiger partial charge on any atom is 0.337 e. The summed E-state index contributed by atoms with van der Waals surface area (Å²) in [5.41, 5.74) is 0.974. The summed E-state index contributed by atoms with van der Waals surface area (Å²) in [4.78, 5) is 21.4. The monoisotopic (exact) mass is 682 g/mol. The average Bonchev–Trinajstić information content (AvgIpc) is 2.93. The molecule has 0 radical (unpaired) electrons. The van der Waals surface area contributed by atoms with E-state index in [0.717, 1.165) is 30.3 Å². The third-order valence-corrected chi connectivity index (χ3v) is 7.29. The Balaban J connectivity index is 1.81. The molecule has 0 fully saturated rings. The van der Waals surface area contributed by atoms with Crippen LogP contribution in [0.3, 0.4) is 0 Å². The Morgan fingerprint density at radius 1 is 0.818 bits per heavy atom. The number of halogens is 2. The molecular formula is C23H16Cl2N8O9S2. The van der Waals surface area contributed by atoms with Crippen molar-refractivity contribution in [2.24, 2.45) is 15.3 Å². The third kappa shape index (κ3) is 7.98. The van der Waals surface area contributed by atoms with E-state index in [9.17, 15) is 40.9 Å². The van der Waals surface area contributed by atoms with Crippen molar-refractivity contribution in [3.8, 4) is 5.75 Å². The predicted molar refractivity (Wildman–Crippen MR) is 155 cm³/mol. The fourth-order valence-electron chi connectivity index (χ4n) is 3.32. The van der Waals surface area contributed by atoms with Crippen LogP contribution in [0.2, 0.25) is 10.6 Å². The van der Waals surface area contributed by atoms with Gasteiger partial charge >= 0.3 is 5.97 Å². The van der Waals surface area contributed by atoms with Gasteiger partial charge in [0.15, 0.2) is 5.75 Å². The first-order valence-electron chi connectivity index (χ1n) is 11.5. The van der Waals surface area contributed by atoms with Gasteiger partial charge in [-0.15, -0.1) is 10.2 Å². The van der Waals surface area contributed by atoms with Crippen LogP contribution in [0.4, 0.5) is 23.0 Å². The average molecular weight is 683 g/mol. The lowest BCUT2D eigenvalue weighted by Gasteiger charge is -2.13. The summed E-state index contributed by atoms with van der Waals surface area (Å²) in [5, 5.41) is 33.9. The zero-order valence-corrected chi connectivity index (χ0v) is 24.5. The molecular weight excluding hydrogens is 667 g/mol. The van der Waals surface area contributed by atoms with Crippen LogP contribution >= 0.6 is 23.2 Å². The fourth-order valence-corrected chi connectivity index (χ4v) is 4.72. The van der Waals surface area contributed by atoms with Crippen LogP contribution < -0.4 is 10.7 Å². The summed E-state index contributed by atoms with van der Waals surface area (Å²) in [5.74, 6) is -2.72. The minimum Gasteiger partial charge on any atom is -0.504 e. The van der Waals surface area contributed by atoms with Crippen molar-refractivity contribution >= 4 is 78.3 Å². The molecule has 44 heavy (non-hydrogen) atoms. The van der Waals surface area contributed by atoms with E-state index in [4.69, 9.17) is 23.2 Å². The molecule has 17 nitrogen and oxygen atoms in total. The number of benzene rings is 3.